The van der Waals surface area contributed by atoms with Crippen molar-refractivity contribution in [2.75, 3.05) is 5.32 Å². The number of para-hydroxylation sites is 1. The molecule has 0 aliphatic heterocycles. The number of nitrogens with zero attached hydrogens (tertiary/aromatic N) is 4. The van der Waals surface area contributed by atoms with E-state index in [1.54, 1.807) is 24.3 Å². The summed E-state index contributed by atoms with van der Waals surface area (Å²) in [5.74, 6) is -0.529. The third-order valence-electron chi connectivity index (χ3n) is 2.75. The van der Waals surface area contributed by atoms with Crippen molar-refractivity contribution in [2.24, 2.45) is 0 Å². The molecule has 114 valence electrons. The van der Waals surface area contributed by atoms with E-state index in [1.165, 1.54) is 4.68 Å². The first-order valence-corrected chi connectivity index (χ1v) is 6.86. The van der Waals surface area contributed by atoms with E-state index in [9.17, 15) is 18.0 Å². The lowest BCUT2D eigenvalue weighted by molar-refractivity contribution is -0.134. The van der Waals surface area contributed by atoms with Gasteiger partial charge in [-0.25, -0.2) is 9.67 Å². The number of amides is 1. The number of carbonyl (C=O) groups is 1. The number of nitrogens with one attached hydrogen (secondary N) is 1. The number of anilines is 1. The molecule has 0 fully saturated rings. The molecule has 6 nitrogen and oxygen atoms in total. The molecule has 1 amide bonds. The van der Waals surface area contributed by atoms with E-state index in [1.807, 2.05) is 0 Å². The van der Waals surface area contributed by atoms with Crippen molar-refractivity contribution in [3.63, 3.8) is 0 Å². The monoisotopic (exact) mass is 327 g/mol. The lowest BCUT2D eigenvalue weighted by Crippen LogP contribution is -2.19. The van der Waals surface area contributed by atoms with Gasteiger partial charge in [-0.15, -0.1) is 5.10 Å². The summed E-state index contributed by atoms with van der Waals surface area (Å²) in [6.45, 7) is -0.165. The van der Waals surface area contributed by atoms with Gasteiger partial charge < -0.3 is 5.32 Å². The Labute approximate surface area is 125 Å². The quantitative estimate of drug-likeness (QED) is 0.802. The molecule has 22 heavy (non-hydrogen) atoms. The van der Waals surface area contributed by atoms with Crippen LogP contribution in [0.3, 0.4) is 0 Å². The average Bonchev–Trinajstić information content (AvgIpc) is 3.06. The summed E-state index contributed by atoms with van der Waals surface area (Å²) in [6.07, 6.45) is -3.78. The first-order chi connectivity index (χ1) is 10.4. The van der Waals surface area contributed by atoms with Gasteiger partial charge in [0.05, 0.1) is 11.7 Å². The number of carbonyl (C=O) groups excluding carboxylic acids is 1. The van der Waals surface area contributed by atoms with Gasteiger partial charge in [0.2, 0.25) is 5.91 Å². The van der Waals surface area contributed by atoms with Gasteiger partial charge in [-0.2, -0.15) is 13.2 Å². The number of thiazole rings is 1. The Morgan fingerprint density at radius 2 is 2.09 bits per heavy atom. The molecule has 1 aromatic carbocycles. The van der Waals surface area contributed by atoms with E-state index in [0.29, 0.717) is 28.6 Å². The molecule has 10 heteroatoms. The maximum Gasteiger partial charge on any atom is 0.427 e. The average molecular weight is 327 g/mol. The molecular weight excluding hydrogens is 319 g/mol. The number of aromatic nitrogens is 4. The fourth-order valence-electron chi connectivity index (χ4n) is 1.79. The van der Waals surface area contributed by atoms with Crippen LogP contribution >= 0.6 is 11.3 Å². The second-order valence-electron chi connectivity index (χ2n) is 4.31. The number of rotatable bonds is 3. The van der Waals surface area contributed by atoms with Crippen LogP contribution in [-0.2, 0) is 17.5 Å². The summed E-state index contributed by atoms with van der Waals surface area (Å²) >= 11 is 0.371. The number of fused-ring (bicyclic) bond motifs is 1. The molecule has 0 saturated carbocycles. The van der Waals surface area contributed by atoms with Crippen molar-refractivity contribution in [3.05, 3.63) is 35.3 Å². The zero-order valence-electron chi connectivity index (χ0n) is 10.8. The molecule has 0 spiro atoms. The van der Waals surface area contributed by atoms with Crippen molar-refractivity contribution in [3.8, 4) is 0 Å². The second-order valence-corrected chi connectivity index (χ2v) is 5.34. The predicted octanol–water partition coefficient (Wildman–Crippen LogP) is 2.55. The van der Waals surface area contributed by atoms with Gasteiger partial charge in [0, 0.05) is 0 Å². The van der Waals surface area contributed by atoms with Crippen LogP contribution in [0.2, 0.25) is 0 Å². The van der Waals surface area contributed by atoms with E-state index >= 15 is 0 Å². The summed E-state index contributed by atoms with van der Waals surface area (Å²) in [5, 5.41) is 9.92. The Hall–Kier alpha value is -2.49. The van der Waals surface area contributed by atoms with E-state index in [4.69, 9.17) is 0 Å². The minimum Gasteiger partial charge on any atom is -0.300 e. The van der Waals surface area contributed by atoms with Crippen LogP contribution in [0, 0.1) is 0 Å². The maximum absolute atomic E-state index is 12.5. The van der Waals surface area contributed by atoms with Gasteiger partial charge >= 0.3 is 6.18 Å². The number of halogens is 3. The van der Waals surface area contributed by atoms with Gasteiger partial charge in [0.25, 0.3) is 0 Å². The van der Waals surface area contributed by atoms with Crippen LogP contribution in [0.1, 0.15) is 4.88 Å². The Kier molecular flexibility index (Phi) is 3.53. The normalized spacial score (nSPS) is 11.8. The van der Waals surface area contributed by atoms with Crippen molar-refractivity contribution in [2.45, 2.75) is 12.7 Å². The fourth-order valence-corrected chi connectivity index (χ4v) is 2.49. The summed E-state index contributed by atoms with van der Waals surface area (Å²) in [5.41, 5.74) is 1.29. The van der Waals surface area contributed by atoms with Gasteiger partial charge in [0.1, 0.15) is 16.9 Å². The van der Waals surface area contributed by atoms with E-state index in [0.717, 1.165) is 0 Å². The number of hydrogen-bond donors (Lipinski definition) is 1. The molecule has 0 bridgehead atoms. The molecule has 3 rings (SSSR count). The molecule has 3 aromatic rings. The third kappa shape index (κ3) is 2.91. The standard InChI is InChI=1S/C12H8F3N5OS/c13-12(14,15)9-5-16-11(22-9)17-10(21)6-20-8-4-2-1-3-7(8)18-19-20/h1-5H,6H2,(H,16,17,21). The third-order valence-corrected chi connectivity index (χ3v) is 3.70. The van der Waals surface area contributed by atoms with Crippen molar-refractivity contribution in [1.82, 2.24) is 20.0 Å². The molecule has 2 aromatic heterocycles. The van der Waals surface area contributed by atoms with E-state index in [-0.39, 0.29) is 11.7 Å². The maximum atomic E-state index is 12.5. The minimum absolute atomic E-state index is 0.109. The second kappa shape index (κ2) is 5.37. The summed E-state index contributed by atoms with van der Waals surface area (Å²) in [7, 11) is 0. The lowest BCUT2D eigenvalue weighted by atomic mass is 10.3. The van der Waals surface area contributed by atoms with Crippen molar-refractivity contribution >= 4 is 33.4 Å². The summed E-state index contributed by atoms with van der Waals surface area (Å²) in [6, 6.07) is 7.05. The first kappa shape index (κ1) is 14.4. The highest BCUT2D eigenvalue weighted by Gasteiger charge is 2.33. The number of hydrogen-bond acceptors (Lipinski definition) is 5. The largest absolute Gasteiger partial charge is 0.427 e. The van der Waals surface area contributed by atoms with Crippen LogP contribution in [0.15, 0.2) is 30.5 Å². The highest BCUT2D eigenvalue weighted by atomic mass is 32.1. The van der Waals surface area contributed by atoms with Gasteiger partial charge in [-0.1, -0.05) is 28.7 Å². The lowest BCUT2D eigenvalue weighted by Gasteiger charge is -2.03. The molecular formula is C12H8F3N5OS. The zero-order chi connectivity index (χ0) is 15.7. The van der Waals surface area contributed by atoms with Gasteiger partial charge in [-0.3, -0.25) is 4.79 Å². The van der Waals surface area contributed by atoms with Gasteiger partial charge in [-0.05, 0) is 12.1 Å². The summed E-state index contributed by atoms with van der Waals surface area (Å²) < 4.78 is 38.7. The zero-order valence-corrected chi connectivity index (χ0v) is 11.6. The molecule has 0 aliphatic carbocycles. The smallest absolute Gasteiger partial charge is 0.300 e. The van der Waals surface area contributed by atoms with Crippen LogP contribution in [-0.4, -0.2) is 25.9 Å². The molecule has 2 heterocycles. The Morgan fingerprint density at radius 3 is 2.82 bits per heavy atom. The SMILES string of the molecule is O=C(Cn1nnc2ccccc21)Nc1ncc(C(F)(F)F)s1. The Balaban J connectivity index is 1.71. The highest BCUT2D eigenvalue weighted by molar-refractivity contribution is 7.15. The van der Waals surface area contributed by atoms with Crippen LogP contribution in [0.4, 0.5) is 18.3 Å². The first-order valence-electron chi connectivity index (χ1n) is 6.04. The molecule has 0 atom stereocenters. The summed E-state index contributed by atoms with van der Waals surface area (Å²) in [4.78, 5) is 14.5. The van der Waals surface area contributed by atoms with E-state index in [2.05, 4.69) is 20.6 Å². The van der Waals surface area contributed by atoms with E-state index < -0.39 is 17.0 Å². The molecule has 0 radical (unpaired) electrons. The number of alkyl halides is 3. The molecule has 0 aliphatic rings. The predicted molar refractivity (Wildman–Crippen MR) is 73.3 cm³/mol. The fraction of sp³-hybridized carbons (Fsp3) is 0.167. The van der Waals surface area contributed by atoms with Crippen LogP contribution in [0.25, 0.3) is 11.0 Å². The minimum atomic E-state index is -4.47. The molecule has 0 unspecified atom stereocenters. The number of benzene rings is 1. The van der Waals surface area contributed by atoms with Crippen LogP contribution < -0.4 is 5.32 Å². The Morgan fingerprint density at radius 1 is 1.32 bits per heavy atom. The highest BCUT2D eigenvalue weighted by Crippen LogP contribution is 2.34. The van der Waals surface area contributed by atoms with Crippen molar-refractivity contribution < 1.29 is 18.0 Å². The Bertz CT molecular complexity index is 825. The van der Waals surface area contributed by atoms with Gasteiger partial charge in [0.15, 0.2) is 5.13 Å². The molecule has 1 N–H and O–H groups in total. The van der Waals surface area contributed by atoms with Crippen molar-refractivity contribution in [1.29, 1.82) is 0 Å². The molecule has 0 saturated heterocycles. The van der Waals surface area contributed by atoms with Crippen LogP contribution in [0.5, 0.6) is 0 Å². The topological polar surface area (TPSA) is 72.7 Å².